The van der Waals surface area contributed by atoms with Crippen molar-refractivity contribution < 1.29 is 4.74 Å². The van der Waals surface area contributed by atoms with Gasteiger partial charge in [0, 0.05) is 31.5 Å². The van der Waals surface area contributed by atoms with E-state index >= 15 is 0 Å². The second-order valence-electron chi connectivity index (χ2n) is 3.62. The number of nitrogens with zero attached hydrogens (tertiary/aromatic N) is 2. The van der Waals surface area contributed by atoms with Gasteiger partial charge >= 0.3 is 0 Å². The van der Waals surface area contributed by atoms with E-state index in [1.807, 2.05) is 42.1 Å². The summed E-state index contributed by atoms with van der Waals surface area (Å²) in [6.07, 6.45) is 4.36. The Hall–Kier alpha value is -1.97. The molecule has 0 bridgehead atoms. The first kappa shape index (κ1) is 10.5. The van der Waals surface area contributed by atoms with Crippen LogP contribution in [-0.2, 0) is 13.5 Å². The molecule has 2 aromatic rings. The van der Waals surface area contributed by atoms with Gasteiger partial charge in [-0.15, -0.1) is 0 Å². The smallest absolute Gasteiger partial charge is 0.295 e. The number of ether oxygens (including phenoxy) is 1. The van der Waals surface area contributed by atoms with Gasteiger partial charge in [0.2, 0.25) is 0 Å². The molecule has 2 N–H and O–H groups in total. The number of anilines is 1. The van der Waals surface area contributed by atoms with Gasteiger partial charge in [0.25, 0.3) is 6.01 Å². The predicted molar refractivity (Wildman–Crippen MR) is 63.3 cm³/mol. The van der Waals surface area contributed by atoms with E-state index in [0.717, 1.165) is 17.7 Å². The molecule has 0 saturated heterocycles. The number of imidazole rings is 1. The summed E-state index contributed by atoms with van der Waals surface area (Å²) in [5.41, 5.74) is 7.75. The molecule has 4 heteroatoms. The molecule has 4 nitrogen and oxygen atoms in total. The van der Waals surface area contributed by atoms with E-state index in [-0.39, 0.29) is 0 Å². The first-order chi connectivity index (χ1) is 7.77. The Morgan fingerprint density at radius 3 is 2.88 bits per heavy atom. The van der Waals surface area contributed by atoms with Crippen LogP contribution in [0.5, 0.6) is 6.01 Å². The van der Waals surface area contributed by atoms with Crippen molar-refractivity contribution in [2.75, 3.05) is 12.3 Å². The van der Waals surface area contributed by atoms with Crippen LogP contribution in [0.4, 0.5) is 5.69 Å². The fourth-order valence-electron chi connectivity index (χ4n) is 1.51. The first-order valence-electron chi connectivity index (χ1n) is 5.21. The van der Waals surface area contributed by atoms with Crippen LogP contribution in [-0.4, -0.2) is 16.2 Å². The highest BCUT2D eigenvalue weighted by Crippen LogP contribution is 2.12. The molecule has 0 radical (unpaired) electrons. The predicted octanol–water partition coefficient (Wildman–Crippen LogP) is 1.62. The molecular formula is C12H15N3O. The van der Waals surface area contributed by atoms with Crippen molar-refractivity contribution >= 4 is 5.69 Å². The summed E-state index contributed by atoms with van der Waals surface area (Å²) in [5.74, 6) is 0. The molecule has 0 fully saturated rings. The normalized spacial score (nSPS) is 10.3. The number of hydrogen-bond donors (Lipinski definition) is 1. The van der Waals surface area contributed by atoms with Gasteiger partial charge in [0.1, 0.15) is 0 Å². The summed E-state index contributed by atoms with van der Waals surface area (Å²) in [5, 5.41) is 0. The lowest BCUT2D eigenvalue weighted by atomic mass is 10.1. The van der Waals surface area contributed by atoms with E-state index in [1.165, 1.54) is 0 Å². The van der Waals surface area contributed by atoms with Gasteiger partial charge in [0.05, 0.1) is 6.61 Å². The molecule has 1 aromatic carbocycles. The maximum Gasteiger partial charge on any atom is 0.295 e. The maximum absolute atomic E-state index is 5.83. The molecule has 84 valence electrons. The topological polar surface area (TPSA) is 53.1 Å². The Morgan fingerprint density at radius 2 is 2.19 bits per heavy atom. The number of nitrogens with two attached hydrogens (primary N) is 1. The quantitative estimate of drug-likeness (QED) is 0.792. The monoisotopic (exact) mass is 217 g/mol. The minimum Gasteiger partial charge on any atom is -0.464 e. The van der Waals surface area contributed by atoms with Crippen molar-refractivity contribution in [2.45, 2.75) is 6.42 Å². The summed E-state index contributed by atoms with van der Waals surface area (Å²) in [6.45, 7) is 0.582. The lowest BCUT2D eigenvalue weighted by molar-refractivity contribution is 0.287. The van der Waals surface area contributed by atoms with E-state index in [1.54, 1.807) is 6.20 Å². The van der Waals surface area contributed by atoms with Crippen LogP contribution in [0.1, 0.15) is 5.56 Å². The number of aromatic nitrogens is 2. The Balaban J connectivity index is 1.89. The average Bonchev–Trinajstić information content (AvgIpc) is 2.67. The molecule has 0 aliphatic heterocycles. The van der Waals surface area contributed by atoms with E-state index < -0.39 is 0 Å². The van der Waals surface area contributed by atoms with Gasteiger partial charge < -0.3 is 15.0 Å². The molecule has 0 spiro atoms. The summed E-state index contributed by atoms with van der Waals surface area (Å²) in [4.78, 5) is 4.08. The molecule has 0 aliphatic rings. The third-order valence-electron chi connectivity index (χ3n) is 2.43. The zero-order chi connectivity index (χ0) is 11.4. The lowest BCUT2D eigenvalue weighted by Gasteiger charge is -2.07. The number of benzene rings is 1. The molecule has 1 aromatic heterocycles. The van der Waals surface area contributed by atoms with Crippen LogP contribution >= 0.6 is 0 Å². The van der Waals surface area contributed by atoms with Crippen molar-refractivity contribution in [1.82, 2.24) is 9.55 Å². The zero-order valence-electron chi connectivity index (χ0n) is 9.26. The Bertz CT molecular complexity index is 465. The SMILES string of the molecule is Cn1ccnc1OCCc1ccccc1N. The number of para-hydroxylation sites is 1. The summed E-state index contributed by atoms with van der Waals surface area (Å²) >= 11 is 0. The fourth-order valence-corrected chi connectivity index (χ4v) is 1.51. The summed E-state index contributed by atoms with van der Waals surface area (Å²) < 4.78 is 7.37. The molecule has 0 aliphatic carbocycles. The minimum atomic E-state index is 0.582. The number of nitrogen functional groups attached to an aromatic ring is 1. The third-order valence-corrected chi connectivity index (χ3v) is 2.43. The second-order valence-corrected chi connectivity index (χ2v) is 3.62. The van der Waals surface area contributed by atoms with Crippen LogP contribution in [0, 0.1) is 0 Å². The highest BCUT2D eigenvalue weighted by atomic mass is 16.5. The fraction of sp³-hybridized carbons (Fsp3) is 0.250. The van der Waals surface area contributed by atoms with E-state index in [4.69, 9.17) is 10.5 Å². The standard InChI is InChI=1S/C12H15N3O/c1-15-8-7-14-12(15)16-9-6-10-4-2-3-5-11(10)13/h2-5,7-8H,6,9,13H2,1H3. The van der Waals surface area contributed by atoms with Crippen LogP contribution < -0.4 is 10.5 Å². The van der Waals surface area contributed by atoms with Gasteiger partial charge in [-0.2, -0.15) is 0 Å². The molecule has 0 amide bonds. The minimum absolute atomic E-state index is 0.582. The van der Waals surface area contributed by atoms with Crippen LogP contribution in [0.3, 0.4) is 0 Å². The Kier molecular flexibility index (Phi) is 3.10. The Labute approximate surface area is 94.7 Å². The van der Waals surface area contributed by atoms with Crippen molar-refractivity contribution in [3.63, 3.8) is 0 Å². The maximum atomic E-state index is 5.83. The molecule has 0 saturated carbocycles. The molecule has 0 atom stereocenters. The molecule has 1 heterocycles. The van der Waals surface area contributed by atoms with E-state index in [0.29, 0.717) is 12.6 Å². The van der Waals surface area contributed by atoms with Crippen molar-refractivity contribution in [3.8, 4) is 6.01 Å². The molecule has 2 rings (SSSR count). The molecular weight excluding hydrogens is 202 g/mol. The van der Waals surface area contributed by atoms with Gasteiger partial charge in [-0.25, -0.2) is 4.98 Å². The van der Waals surface area contributed by atoms with E-state index in [9.17, 15) is 0 Å². The van der Waals surface area contributed by atoms with Gasteiger partial charge in [-0.05, 0) is 11.6 Å². The van der Waals surface area contributed by atoms with Gasteiger partial charge in [-0.1, -0.05) is 18.2 Å². The van der Waals surface area contributed by atoms with E-state index in [2.05, 4.69) is 4.98 Å². The highest BCUT2D eigenvalue weighted by Gasteiger charge is 2.01. The summed E-state index contributed by atoms with van der Waals surface area (Å²) in [7, 11) is 1.90. The van der Waals surface area contributed by atoms with Crippen molar-refractivity contribution in [3.05, 3.63) is 42.2 Å². The highest BCUT2D eigenvalue weighted by molar-refractivity contribution is 5.46. The van der Waals surface area contributed by atoms with Crippen molar-refractivity contribution in [1.29, 1.82) is 0 Å². The van der Waals surface area contributed by atoms with Crippen LogP contribution in [0.25, 0.3) is 0 Å². The molecule has 16 heavy (non-hydrogen) atoms. The number of rotatable bonds is 4. The second kappa shape index (κ2) is 4.70. The number of aryl methyl sites for hydroxylation is 1. The summed E-state index contributed by atoms with van der Waals surface area (Å²) in [6, 6.07) is 8.45. The third kappa shape index (κ3) is 2.34. The van der Waals surface area contributed by atoms with Crippen molar-refractivity contribution in [2.24, 2.45) is 7.05 Å². The largest absolute Gasteiger partial charge is 0.464 e. The zero-order valence-corrected chi connectivity index (χ0v) is 9.26. The lowest BCUT2D eigenvalue weighted by Crippen LogP contribution is -2.06. The van der Waals surface area contributed by atoms with Crippen LogP contribution in [0.15, 0.2) is 36.7 Å². The number of hydrogen-bond acceptors (Lipinski definition) is 3. The first-order valence-corrected chi connectivity index (χ1v) is 5.21. The molecule has 0 unspecified atom stereocenters. The van der Waals surface area contributed by atoms with Gasteiger partial charge in [0.15, 0.2) is 0 Å². The average molecular weight is 217 g/mol. The van der Waals surface area contributed by atoms with Gasteiger partial charge in [-0.3, -0.25) is 0 Å². The Morgan fingerprint density at radius 1 is 1.38 bits per heavy atom. The van der Waals surface area contributed by atoms with Crippen LogP contribution in [0.2, 0.25) is 0 Å².